The van der Waals surface area contributed by atoms with Crippen LogP contribution in [0.4, 0.5) is 0 Å². The van der Waals surface area contributed by atoms with Crippen LogP contribution in [-0.2, 0) is 0 Å². The average molecular weight is 315 g/mol. The fraction of sp³-hybridized carbons (Fsp3) is 0.333. The molecular weight excluding hydrogens is 280 g/mol. The Morgan fingerprint density at radius 1 is 1.05 bits per heavy atom. The zero-order valence-electron chi connectivity index (χ0n) is 25.1. The Kier molecular flexibility index (Phi) is 1.69. The summed E-state index contributed by atoms with van der Waals surface area (Å²) in [6, 6.07) is -2.75. The van der Waals surface area contributed by atoms with Gasteiger partial charge in [0.25, 0.3) is 0 Å². The van der Waals surface area contributed by atoms with Crippen LogP contribution < -0.4 is 0 Å². The second-order valence-electron chi connectivity index (χ2n) is 4.20. The van der Waals surface area contributed by atoms with E-state index < -0.39 is 67.8 Å². The van der Waals surface area contributed by atoms with E-state index in [1.165, 1.54) is 12.1 Å². The molecule has 110 valence electrons. The first-order valence-electron chi connectivity index (χ1n) is 13.1. The number of rotatable bonds is 3. The van der Waals surface area contributed by atoms with E-state index in [4.69, 9.17) is 29.4 Å². The second kappa shape index (κ2) is 6.61. The van der Waals surface area contributed by atoms with Crippen LogP contribution in [0, 0.1) is 0 Å². The Labute approximate surface area is 151 Å². The first kappa shape index (κ1) is 5.38. The maximum Gasteiger partial charge on any atom is 0.0626 e. The van der Waals surface area contributed by atoms with E-state index in [1.54, 1.807) is 0 Å². The minimum Gasteiger partial charge on any atom is -0.304 e. The van der Waals surface area contributed by atoms with Gasteiger partial charge in [-0.1, -0.05) is 53.9 Å². The number of benzene rings is 2. The summed E-state index contributed by atoms with van der Waals surface area (Å²) in [5.41, 5.74) is -1.21. The van der Waals surface area contributed by atoms with Crippen molar-refractivity contribution in [1.82, 2.24) is 9.80 Å². The molecule has 1 aliphatic rings. The molecule has 0 bridgehead atoms. The third kappa shape index (κ3) is 3.46. The summed E-state index contributed by atoms with van der Waals surface area (Å²) >= 11 is 5.94. The summed E-state index contributed by atoms with van der Waals surface area (Å²) in [5.74, 6) is 0. The molecule has 2 aromatic carbocycles. The normalized spacial score (nSPS) is 39.3. The largest absolute Gasteiger partial charge is 0.304 e. The van der Waals surface area contributed by atoms with Gasteiger partial charge in [0.2, 0.25) is 0 Å². The highest BCUT2D eigenvalue weighted by atomic mass is 35.5. The van der Waals surface area contributed by atoms with Gasteiger partial charge in [-0.05, 0) is 30.3 Å². The molecule has 0 aromatic heterocycles. The summed E-state index contributed by atoms with van der Waals surface area (Å²) in [7, 11) is 0.853. The van der Waals surface area contributed by atoms with E-state index in [0.29, 0.717) is 0 Å². The van der Waals surface area contributed by atoms with Crippen LogP contribution >= 0.6 is 11.6 Å². The van der Waals surface area contributed by atoms with Crippen molar-refractivity contribution >= 4 is 11.6 Å². The van der Waals surface area contributed by atoms with E-state index >= 15 is 0 Å². The van der Waals surface area contributed by atoms with Gasteiger partial charge in [0.1, 0.15) is 0 Å². The van der Waals surface area contributed by atoms with Gasteiger partial charge in [-0.15, -0.1) is 0 Å². The SMILES string of the molecule is [2H]c1c([2H])c([2H])c(C([2H])(c2ccc(Cl)cc2)N2C([2H])([2H])C([2H])([2H])N(C)C([2H])([2H])C2([2H])[2H])c([2H])c1[2H]. The van der Waals surface area contributed by atoms with Gasteiger partial charge < -0.3 is 4.90 Å². The maximum absolute atomic E-state index is 9.43. The average Bonchev–Trinajstić information content (AvgIpc) is 2.74. The standard InChI is InChI=1S/C18H21ClN2/c1-20-11-13-21(14-12-20)18(15-5-3-2-4-6-15)16-7-9-17(19)10-8-16/h2-10,18H,11-14H2,1H3/i2D,3D,4D,5D,6D,11D2,12D2,13D2,14D2,18D. The fourth-order valence-corrected chi connectivity index (χ4v) is 1.91. The van der Waals surface area contributed by atoms with Gasteiger partial charge >= 0.3 is 0 Å². The van der Waals surface area contributed by atoms with Crippen LogP contribution in [0.2, 0.25) is 5.02 Å². The molecule has 1 saturated heterocycles. The molecule has 1 unspecified atom stereocenters. The van der Waals surface area contributed by atoms with Gasteiger partial charge in [0, 0.05) is 42.0 Å². The Hall–Kier alpha value is -1.35. The van der Waals surface area contributed by atoms with Crippen molar-refractivity contribution < 1.29 is 19.2 Å². The van der Waals surface area contributed by atoms with Crippen molar-refractivity contribution in [2.75, 3.05) is 33.0 Å². The molecule has 0 aliphatic carbocycles. The van der Waals surface area contributed by atoms with Crippen LogP contribution in [0.15, 0.2) is 54.5 Å². The summed E-state index contributed by atoms with van der Waals surface area (Å²) in [5, 5.41) is 0.159. The predicted octanol–water partition coefficient (Wildman–Crippen LogP) is 3.68. The van der Waals surface area contributed by atoms with Crippen molar-refractivity contribution in [3.05, 3.63) is 70.6 Å². The predicted molar refractivity (Wildman–Crippen MR) is 88.8 cm³/mol. The lowest BCUT2D eigenvalue weighted by Gasteiger charge is -2.38. The smallest absolute Gasteiger partial charge is 0.0626 e. The zero-order valence-corrected chi connectivity index (χ0v) is 11.8. The second-order valence-corrected chi connectivity index (χ2v) is 4.63. The molecule has 1 atom stereocenters. The lowest BCUT2D eigenvalue weighted by atomic mass is 9.96. The van der Waals surface area contributed by atoms with Gasteiger partial charge in [0.05, 0.1) is 14.2 Å². The molecule has 0 N–H and O–H groups in total. The van der Waals surface area contributed by atoms with E-state index in [-0.39, 0.29) is 20.4 Å². The van der Waals surface area contributed by atoms with E-state index in [2.05, 4.69) is 0 Å². The Bertz CT molecular complexity index is 1110. The van der Waals surface area contributed by atoms with Crippen LogP contribution in [0.1, 0.15) is 36.3 Å². The van der Waals surface area contributed by atoms with Crippen molar-refractivity contribution in [3.63, 3.8) is 0 Å². The van der Waals surface area contributed by atoms with Crippen molar-refractivity contribution in [3.8, 4) is 0 Å². The Morgan fingerprint density at radius 3 is 2.29 bits per heavy atom. The van der Waals surface area contributed by atoms with Gasteiger partial charge in [0.15, 0.2) is 0 Å². The lowest BCUT2D eigenvalue weighted by molar-refractivity contribution is 0.127. The summed E-state index contributed by atoms with van der Waals surface area (Å²) in [4.78, 5) is 0.199. The number of halogens is 1. The molecule has 21 heavy (non-hydrogen) atoms. The minimum atomic E-state index is -3.47. The van der Waals surface area contributed by atoms with E-state index in [1.807, 2.05) is 0 Å². The third-order valence-corrected chi connectivity index (χ3v) is 2.99. The number of likely N-dealkylation sites (N-methyl/N-ethyl adjacent to an activating group) is 1. The molecule has 3 heteroatoms. The summed E-state index contributed by atoms with van der Waals surface area (Å²) in [6.45, 7) is -13.4. The highest BCUT2D eigenvalue weighted by Gasteiger charge is 2.25. The van der Waals surface area contributed by atoms with E-state index in [0.717, 1.165) is 19.2 Å². The van der Waals surface area contributed by atoms with Crippen molar-refractivity contribution in [1.29, 1.82) is 0 Å². The number of hydrogen-bond donors (Lipinski definition) is 0. The molecule has 1 aliphatic heterocycles. The zero-order chi connectivity index (χ0) is 27.1. The molecule has 0 spiro atoms. The van der Waals surface area contributed by atoms with Gasteiger partial charge in [-0.3, -0.25) is 4.90 Å². The molecule has 2 nitrogen and oxygen atoms in total. The molecule has 3 rings (SSSR count). The summed E-state index contributed by atoms with van der Waals surface area (Å²) < 4.78 is 118. The van der Waals surface area contributed by atoms with Crippen LogP contribution in [-0.4, -0.2) is 42.8 Å². The fourth-order valence-electron chi connectivity index (χ4n) is 1.78. The topological polar surface area (TPSA) is 6.48 Å². The first-order valence-corrected chi connectivity index (χ1v) is 6.45. The molecule has 2 aromatic rings. The Morgan fingerprint density at radius 2 is 1.67 bits per heavy atom. The van der Waals surface area contributed by atoms with E-state index in [9.17, 15) is 1.37 Å². The van der Waals surface area contributed by atoms with Crippen molar-refractivity contribution in [2.45, 2.75) is 6.02 Å². The maximum atomic E-state index is 9.43. The monoisotopic (exact) mass is 314 g/mol. The van der Waals surface area contributed by atoms with Crippen LogP contribution in [0.25, 0.3) is 0 Å². The van der Waals surface area contributed by atoms with Crippen LogP contribution in [0.5, 0.6) is 0 Å². The number of hydrogen-bond acceptors (Lipinski definition) is 2. The minimum absolute atomic E-state index is 0.0375. The van der Waals surface area contributed by atoms with Crippen LogP contribution in [0.3, 0.4) is 0 Å². The molecular formula is C18H21ClN2. The molecule has 1 fully saturated rings. The quantitative estimate of drug-likeness (QED) is 0.853. The molecule has 1 heterocycles. The first-order chi connectivity index (χ1) is 15.7. The summed E-state index contributed by atoms with van der Waals surface area (Å²) in [6.07, 6.45) is 0. The highest BCUT2D eigenvalue weighted by molar-refractivity contribution is 6.30. The molecule has 0 radical (unpaired) electrons. The third-order valence-electron chi connectivity index (χ3n) is 2.74. The number of piperazine rings is 1. The van der Waals surface area contributed by atoms with Crippen molar-refractivity contribution in [2.24, 2.45) is 0 Å². The molecule has 0 amide bonds. The molecule has 0 saturated carbocycles. The Balaban J connectivity index is 2.59. The van der Waals surface area contributed by atoms with Gasteiger partial charge in [-0.25, -0.2) is 0 Å². The number of nitrogens with zero attached hydrogens (tertiary/aromatic N) is 2. The van der Waals surface area contributed by atoms with Gasteiger partial charge in [-0.2, -0.15) is 0 Å². The highest BCUT2D eigenvalue weighted by Crippen LogP contribution is 2.30. The lowest BCUT2D eigenvalue weighted by Crippen LogP contribution is -2.46.